The molecule has 0 aliphatic heterocycles. The fraction of sp³-hybridized carbons (Fsp3) is 0.708. The molecule has 0 spiro atoms. The van der Waals surface area contributed by atoms with Gasteiger partial charge in [0, 0.05) is 19.3 Å². The third-order valence-electron chi connectivity index (χ3n) is 12.6. The molecule has 1 atom stereocenters. The maximum atomic E-state index is 12.8. The van der Waals surface area contributed by atoms with Crippen LogP contribution in [0.5, 0.6) is 0 Å². The number of unbranched alkanes of at least 4 members (excludes halogenated alkanes) is 26. The van der Waals surface area contributed by atoms with Crippen molar-refractivity contribution in [2.24, 2.45) is 0 Å². The van der Waals surface area contributed by atoms with E-state index >= 15 is 0 Å². The molecule has 0 fully saturated rings. The molecule has 71 heavy (non-hydrogen) atoms. The van der Waals surface area contributed by atoms with E-state index in [1.54, 1.807) is 0 Å². The molecule has 0 unspecified atom stereocenters. The van der Waals surface area contributed by atoms with Crippen LogP contribution in [0.25, 0.3) is 0 Å². The second kappa shape index (κ2) is 58.9. The molecule has 0 saturated carbocycles. The maximum Gasteiger partial charge on any atom is 0.306 e. The van der Waals surface area contributed by atoms with Crippen molar-refractivity contribution in [2.75, 3.05) is 13.2 Å². The standard InChI is InChI=1S/C65H110O6/c1-4-7-10-13-16-19-22-25-28-30-31-32-33-35-37-40-43-46-49-52-55-58-64(67)70-61-62(60-69-63(66)57-54-51-48-45-42-39-36-27-24-21-18-15-12-9-6-3)71-65(68)59-56-53-50-47-44-41-38-34-29-26-23-20-17-14-11-8-5-2/h9,12,17-18,20-21,26-27,29,36,38,41-42,45,47,50,62H,4-8,10-11,13-16,19,22-25,28,30-35,37,39-40,43-44,46,48-49,51-61H2,1-3H3/b12-9-,20-17-,21-18-,29-26-,36-27-,41-38-,45-42-,50-47-/t62-/m1/s1. The van der Waals surface area contributed by atoms with Crippen LogP contribution in [0.15, 0.2) is 97.2 Å². The van der Waals surface area contributed by atoms with Gasteiger partial charge in [0.05, 0.1) is 0 Å². The van der Waals surface area contributed by atoms with Gasteiger partial charge in [-0.2, -0.15) is 0 Å². The maximum absolute atomic E-state index is 12.8. The van der Waals surface area contributed by atoms with Crippen LogP contribution in [0.2, 0.25) is 0 Å². The van der Waals surface area contributed by atoms with Crippen molar-refractivity contribution in [3.8, 4) is 0 Å². The fourth-order valence-corrected chi connectivity index (χ4v) is 8.13. The third kappa shape index (κ3) is 57.1. The largest absolute Gasteiger partial charge is 0.462 e. The first-order chi connectivity index (χ1) is 35.0. The number of rotatable bonds is 53. The third-order valence-corrected chi connectivity index (χ3v) is 12.6. The van der Waals surface area contributed by atoms with Crippen LogP contribution < -0.4 is 0 Å². The normalized spacial score (nSPS) is 12.8. The molecular weight excluding hydrogens is 877 g/mol. The Hall–Kier alpha value is -3.67. The molecule has 0 aromatic carbocycles. The Kier molecular flexibility index (Phi) is 55.9. The summed E-state index contributed by atoms with van der Waals surface area (Å²) < 4.78 is 16.8. The van der Waals surface area contributed by atoms with Crippen LogP contribution >= 0.6 is 0 Å². The van der Waals surface area contributed by atoms with Crippen molar-refractivity contribution in [2.45, 2.75) is 284 Å². The molecule has 0 saturated heterocycles. The molecule has 6 nitrogen and oxygen atoms in total. The summed E-state index contributed by atoms with van der Waals surface area (Å²) in [5, 5.41) is 0. The zero-order valence-electron chi connectivity index (χ0n) is 46.5. The van der Waals surface area contributed by atoms with Gasteiger partial charge in [0.15, 0.2) is 6.10 Å². The summed E-state index contributed by atoms with van der Waals surface area (Å²) in [5.41, 5.74) is 0. The van der Waals surface area contributed by atoms with Gasteiger partial charge >= 0.3 is 17.9 Å². The number of carbonyl (C=O) groups excluding carboxylic acids is 3. The molecule has 0 rings (SSSR count). The van der Waals surface area contributed by atoms with Crippen LogP contribution in [0.3, 0.4) is 0 Å². The minimum atomic E-state index is -0.823. The van der Waals surface area contributed by atoms with E-state index in [-0.39, 0.29) is 37.5 Å². The highest BCUT2D eigenvalue weighted by molar-refractivity contribution is 5.71. The summed E-state index contributed by atoms with van der Waals surface area (Å²) in [7, 11) is 0. The van der Waals surface area contributed by atoms with Gasteiger partial charge in [0.1, 0.15) is 13.2 Å². The molecule has 0 bridgehead atoms. The van der Waals surface area contributed by atoms with Crippen molar-refractivity contribution < 1.29 is 28.6 Å². The first-order valence-electron chi connectivity index (χ1n) is 29.7. The predicted octanol–water partition coefficient (Wildman–Crippen LogP) is 20.1. The monoisotopic (exact) mass is 987 g/mol. The van der Waals surface area contributed by atoms with Gasteiger partial charge in [-0.1, -0.05) is 259 Å². The first-order valence-corrected chi connectivity index (χ1v) is 29.7. The second-order valence-corrected chi connectivity index (χ2v) is 19.5. The average Bonchev–Trinajstić information content (AvgIpc) is 3.37. The number of hydrogen-bond acceptors (Lipinski definition) is 6. The summed E-state index contributed by atoms with van der Waals surface area (Å²) in [4.78, 5) is 38.2. The summed E-state index contributed by atoms with van der Waals surface area (Å²) in [5.74, 6) is -1.01. The van der Waals surface area contributed by atoms with Crippen LogP contribution in [-0.2, 0) is 28.6 Å². The molecule has 0 heterocycles. The summed E-state index contributed by atoms with van der Waals surface area (Å²) in [6.45, 7) is 6.44. The second-order valence-electron chi connectivity index (χ2n) is 19.5. The van der Waals surface area contributed by atoms with E-state index in [2.05, 4.69) is 118 Å². The van der Waals surface area contributed by atoms with Crippen molar-refractivity contribution in [3.05, 3.63) is 97.2 Å². The lowest BCUT2D eigenvalue weighted by Gasteiger charge is -2.18. The molecule has 0 aromatic rings. The van der Waals surface area contributed by atoms with Gasteiger partial charge in [-0.15, -0.1) is 0 Å². The minimum absolute atomic E-state index is 0.111. The molecule has 0 aliphatic rings. The molecule has 0 amide bonds. The van der Waals surface area contributed by atoms with Gasteiger partial charge < -0.3 is 14.2 Å². The van der Waals surface area contributed by atoms with Gasteiger partial charge in [-0.25, -0.2) is 0 Å². The highest BCUT2D eigenvalue weighted by Crippen LogP contribution is 2.16. The smallest absolute Gasteiger partial charge is 0.306 e. The van der Waals surface area contributed by atoms with Crippen LogP contribution in [0, 0.1) is 0 Å². The minimum Gasteiger partial charge on any atom is -0.462 e. The number of allylic oxidation sites excluding steroid dienone is 16. The zero-order chi connectivity index (χ0) is 51.4. The first kappa shape index (κ1) is 67.3. The van der Waals surface area contributed by atoms with Crippen LogP contribution in [0.4, 0.5) is 0 Å². The summed E-state index contributed by atoms with van der Waals surface area (Å²) in [6, 6.07) is 0. The number of ether oxygens (including phenoxy) is 3. The molecular formula is C65H110O6. The van der Waals surface area contributed by atoms with Crippen molar-refractivity contribution in [3.63, 3.8) is 0 Å². The molecule has 0 aromatic heterocycles. The van der Waals surface area contributed by atoms with E-state index < -0.39 is 6.10 Å². The quantitative estimate of drug-likeness (QED) is 0.0261. The Morgan fingerprint density at radius 1 is 0.296 bits per heavy atom. The number of esters is 3. The van der Waals surface area contributed by atoms with Crippen LogP contribution in [-0.4, -0.2) is 37.2 Å². The van der Waals surface area contributed by atoms with Crippen molar-refractivity contribution >= 4 is 17.9 Å². The molecule has 0 radical (unpaired) electrons. The van der Waals surface area contributed by atoms with Crippen molar-refractivity contribution in [1.82, 2.24) is 0 Å². The Bertz CT molecular complexity index is 1410. The van der Waals surface area contributed by atoms with E-state index in [9.17, 15) is 14.4 Å². The molecule has 406 valence electrons. The topological polar surface area (TPSA) is 78.9 Å². The number of hydrogen-bond donors (Lipinski definition) is 0. The molecule has 0 N–H and O–H groups in total. The summed E-state index contributed by atoms with van der Waals surface area (Å²) >= 11 is 0. The van der Waals surface area contributed by atoms with Gasteiger partial charge in [-0.3, -0.25) is 14.4 Å². The number of carbonyl (C=O) groups is 3. The molecule has 6 heteroatoms. The van der Waals surface area contributed by atoms with E-state index in [1.807, 2.05) is 0 Å². The molecule has 0 aliphatic carbocycles. The van der Waals surface area contributed by atoms with E-state index in [0.29, 0.717) is 25.7 Å². The lowest BCUT2D eigenvalue weighted by Crippen LogP contribution is -2.30. The van der Waals surface area contributed by atoms with Gasteiger partial charge in [0.2, 0.25) is 0 Å². The Morgan fingerprint density at radius 2 is 0.563 bits per heavy atom. The lowest BCUT2D eigenvalue weighted by molar-refractivity contribution is -0.167. The highest BCUT2D eigenvalue weighted by Gasteiger charge is 2.19. The Balaban J connectivity index is 4.46. The Morgan fingerprint density at radius 3 is 0.930 bits per heavy atom. The SMILES string of the molecule is CC/C=C\C/C=C\C/C=C\C/C=C\CCCCC(=O)OC[C@H](COC(=O)CCCCCCCCCCCCCCCCCCCCCCC)OC(=O)CCC/C=C\C/C=C\C/C=C\C/C=C\CCCCC. The van der Waals surface area contributed by atoms with E-state index in [0.717, 1.165) is 83.5 Å². The zero-order valence-corrected chi connectivity index (χ0v) is 46.5. The van der Waals surface area contributed by atoms with Gasteiger partial charge in [0.25, 0.3) is 0 Å². The van der Waals surface area contributed by atoms with E-state index in [4.69, 9.17) is 14.2 Å². The Labute approximate surface area is 438 Å². The predicted molar refractivity (Wildman–Crippen MR) is 307 cm³/mol. The van der Waals surface area contributed by atoms with Gasteiger partial charge in [-0.05, 0) is 96.3 Å². The van der Waals surface area contributed by atoms with Crippen LogP contribution in [0.1, 0.15) is 278 Å². The summed E-state index contributed by atoms with van der Waals surface area (Å²) in [6.07, 6.45) is 78.4. The fourth-order valence-electron chi connectivity index (χ4n) is 8.13. The average molecular weight is 988 g/mol. The van der Waals surface area contributed by atoms with Crippen molar-refractivity contribution in [1.29, 1.82) is 0 Å². The lowest BCUT2D eigenvalue weighted by atomic mass is 10.0. The van der Waals surface area contributed by atoms with E-state index in [1.165, 1.54) is 141 Å². The highest BCUT2D eigenvalue weighted by atomic mass is 16.6.